The standard InChI is InChI=1S/C34H26Si/c1-4-14-25(15-5-1)29-21-12-13-23-32(29)35-34-30-22-11-10-20-28(30)24-31(26-16-6-2-7-17-26)33(34)27-18-8-3-9-19-27/h1-24H,35H2. The van der Waals surface area contributed by atoms with Gasteiger partial charge in [-0.05, 0) is 55.4 Å². The van der Waals surface area contributed by atoms with Gasteiger partial charge in [0.2, 0.25) is 0 Å². The predicted octanol–water partition coefficient (Wildman–Crippen LogP) is 6.96. The second-order valence-electron chi connectivity index (χ2n) is 8.93. The first-order valence-corrected chi connectivity index (χ1v) is 13.6. The highest BCUT2D eigenvalue weighted by Gasteiger charge is 2.18. The molecule has 0 aromatic heterocycles. The molecule has 0 fully saturated rings. The average Bonchev–Trinajstić information content (AvgIpc) is 2.94. The fraction of sp³-hybridized carbons (Fsp3) is 0. The Morgan fingerprint density at radius 2 is 0.914 bits per heavy atom. The van der Waals surface area contributed by atoms with E-state index in [2.05, 4.69) is 146 Å². The van der Waals surface area contributed by atoms with Gasteiger partial charge in [-0.3, -0.25) is 0 Å². The molecule has 6 rings (SSSR count). The molecule has 6 aromatic carbocycles. The second-order valence-corrected chi connectivity index (χ2v) is 10.8. The van der Waals surface area contributed by atoms with E-state index in [1.54, 1.807) is 0 Å². The summed E-state index contributed by atoms with van der Waals surface area (Å²) < 4.78 is 0. The van der Waals surface area contributed by atoms with Crippen LogP contribution < -0.4 is 10.4 Å². The molecule has 0 spiro atoms. The summed E-state index contributed by atoms with van der Waals surface area (Å²) in [6.07, 6.45) is 0. The molecule has 0 aliphatic carbocycles. The van der Waals surface area contributed by atoms with Gasteiger partial charge in [0.1, 0.15) is 0 Å². The number of hydrogen-bond acceptors (Lipinski definition) is 0. The molecule has 0 aliphatic heterocycles. The zero-order valence-corrected chi connectivity index (χ0v) is 21.0. The van der Waals surface area contributed by atoms with Crippen LogP contribution in [0, 0.1) is 0 Å². The molecule has 0 nitrogen and oxygen atoms in total. The Balaban J connectivity index is 1.65. The van der Waals surface area contributed by atoms with E-state index in [1.807, 2.05) is 0 Å². The van der Waals surface area contributed by atoms with Crippen molar-refractivity contribution in [1.82, 2.24) is 0 Å². The SMILES string of the molecule is c1ccc(-c2ccccc2[SiH2]c2c(-c3ccccc3)c(-c3ccccc3)cc3ccccc23)cc1. The molecule has 0 amide bonds. The summed E-state index contributed by atoms with van der Waals surface area (Å²) in [6, 6.07) is 52.9. The largest absolute Gasteiger partial charge is 0.0899 e. The lowest BCUT2D eigenvalue weighted by molar-refractivity contribution is 1.61. The van der Waals surface area contributed by atoms with Crippen LogP contribution in [-0.4, -0.2) is 9.52 Å². The third-order valence-corrected chi connectivity index (χ3v) is 8.86. The monoisotopic (exact) mass is 462 g/mol. The van der Waals surface area contributed by atoms with Crippen molar-refractivity contribution in [2.45, 2.75) is 0 Å². The molecule has 0 N–H and O–H groups in total. The first kappa shape index (κ1) is 21.3. The zero-order chi connectivity index (χ0) is 23.5. The maximum atomic E-state index is 2.38. The molecular weight excluding hydrogens is 436 g/mol. The number of benzene rings is 6. The quantitative estimate of drug-likeness (QED) is 0.243. The van der Waals surface area contributed by atoms with Crippen LogP contribution >= 0.6 is 0 Å². The molecule has 0 bridgehead atoms. The maximum absolute atomic E-state index is 2.38. The van der Waals surface area contributed by atoms with E-state index in [4.69, 9.17) is 0 Å². The summed E-state index contributed by atoms with van der Waals surface area (Å²) in [6.45, 7) is 0. The molecule has 0 unspecified atom stereocenters. The Bertz CT molecular complexity index is 1590. The third-order valence-electron chi connectivity index (χ3n) is 6.77. The molecule has 0 aliphatic rings. The molecule has 1 heteroatoms. The van der Waals surface area contributed by atoms with Gasteiger partial charge in [0, 0.05) is 0 Å². The van der Waals surface area contributed by atoms with Crippen molar-refractivity contribution < 1.29 is 0 Å². The number of hydrogen-bond donors (Lipinski definition) is 0. The van der Waals surface area contributed by atoms with Gasteiger partial charge in [-0.25, -0.2) is 0 Å². The minimum atomic E-state index is -0.828. The van der Waals surface area contributed by atoms with Gasteiger partial charge >= 0.3 is 0 Å². The van der Waals surface area contributed by atoms with E-state index in [1.165, 1.54) is 54.5 Å². The van der Waals surface area contributed by atoms with Gasteiger partial charge in [-0.15, -0.1) is 0 Å². The van der Waals surface area contributed by atoms with Crippen molar-refractivity contribution >= 4 is 30.7 Å². The summed E-state index contributed by atoms with van der Waals surface area (Å²) in [5.41, 5.74) is 7.90. The van der Waals surface area contributed by atoms with E-state index in [0.717, 1.165) is 0 Å². The first-order chi connectivity index (χ1) is 17.4. The lowest BCUT2D eigenvalue weighted by Crippen LogP contribution is -2.31. The molecule has 166 valence electrons. The summed E-state index contributed by atoms with van der Waals surface area (Å²) >= 11 is 0. The van der Waals surface area contributed by atoms with Crippen LogP contribution in [0.1, 0.15) is 0 Å². The summed E-state index contributed by atoms with van der Waals surface area (Å²) in [5, 5.41) is 5.68. The lowest BCUT2D eigenvalue weighted by Gasteiger charge is -2.20. The van der Waals surface area contributed by atoms with Gasteiger partial charge in [0.25, 0.3) is 0 Å². The summed E-state index contributed by atoms with van der Waals surface area (Å²) in [7, 11) is -0.828. The average molecular weight is 463 g/mol. The van der Waals surface area contributed by atoms with Crippen LogP contribution in [0.3, 0.4) is 0 Å². The highest BCUT2D eigenvalue weighted by atomic mass is 28.2. The van der Waals surface area contributed by atoms with Gasteiger partial charge in [-0.2, -0.15) is 0 Å². The second kappa shape index (κ2) is 9.58. The molecule has 0 radical (unpaired) electrons. The smallest absolute Gasteiger partial charge is 0.0627 e. The van der Waals surface area contributed by atoms with Crippen LogP contribution in [-0.2, 0) is 0 Å². The molecule has 0 saturated heterocycles. The van der Waals surface area contributed by atoms with Crippen molar-refractivity contribution in [3.05, 3.63) is 146 Å². The van der Waals surface area contributed by atoms with Crippen LogP contribution in [0.2, 0.25) is 0 Å². The minimum absolute atomic E-state index is 0.828. The number of fused-ring (bicyclic) bond motifs is 1. The van der Waals surface area contributed by atoms with Crippen LogP contribution in [0.15, 0.2) is 146 Å². The fourth-order valence-electron chi connectivity index (χ4n) is 5.15. The first-order valence-electron chi connectivity index (χ1n) is 12.2. The lowest BCUT2D eigenvalue weighted by atomic mass is 9.91. The Morgan fingerprint density at radius 3 is 1.60 bits per heavy atom. The molecule has 0 saturated carbocycles. The van der Waals surface area contributed by atoms with E-state index in [0.29, 0.717) is 0 Å². The van der Waals surface area contributed by atoms with E-state index in [9.17, 15) is 0 Å². The Labute approximate surface area is 209 Å². The van der Waals surface area contributed by atoms with Crippen LogP contribution in [0.25, 0.3) is 44.2 Å². The van der Waals surface area contributed by atoms with Crippen LogP contribution in [0.4, 0.5) is 0 Å². The maximum Gasteiger partial charge on any atom is 0.0899 e. The third kappa shape index (κ3) is 4.23. The van der Waals surface area contributed by atoms with Crippen molar-refractivity contribution in [1.29, 1.82) is 0 Å². The van der Waals surface area contributed by atoms with Gasteiger partial charge < -0.3 is 0 Å². The molecule has 35 heavy (non-hydrogen) atoms. The highest BCUT2D eigenvalue weighted by molar-refractivity contribution is 6.73. The summed E-state index contributed by atoms with van der Waals surface area (Å²) in [5.74, 6) is 0. The Morgan fingerprint density at radius 1 is 0.400 bits per heavy atom. The topological polar surface area (TPSA) is 0 Å². The number of rotatable bonds is 5. The predicted molar refractivity (Wildman–Crippen MR) is 155 cm³/mol. The van der Waals surface area contributed by atoms with Crippen molar-refractivity contribution in [2.75, 3.05) is 0 Å². The van der Waals surface area contributed by atoms with Crippen molar-refractivity contribution in [3.63, 3.8) is 0 Å². The van der Waals surface area contributed by atoms with Crippen LogP contribution in [0.5, 0.6) is 0 Å². The van der Waals surface area contributed by atoms with E-state index < -0.39 is 9.52 Å². The molecule has 6 aromatic rings. The molecular formula is C34H26Si. The van der Waals surface area contributed by atoms with Gasteiger partial charge in [-0.1, -0.05) is 145 Å². The minimum Gasteiger partial charge on any atom is -0.0627 e. The molecule has 0 heterocycles. The van der Waals surface area contributed by atoms with Crippen molar-refractivity contribution in [3.8, 4) is 33.4 Å². The highest BCUT2D eigenvalue weighted by Crippen LogP contribution is 2.34. The van der Waals surface area contributed by atoms with Gasteiger partial charge in [0.15, 0.2) is 0 Å². The van der Waals surface area contributed by atoms with E-state index >= 15 is 0 Å². The Hall–Kier alpha value is -4.20. The molecule has 0 atom stereocenters. The summed E-state index contributed by atoms with van der Waals surface area (Å²) in [4.78, 5) is 0. The van der Waals surface area contributed by atoms with E-state index in [-0.39, 0.29) is 0 Å². The van der Waals surface area contributed by atoms with Gasteiger partial charge in [0.05, 0.1) is 9.52 Å². The fourth-order valence-corrected chi connectivity index (χ4v) is 7.38. The van der Waals surface area contributed by atoms with Crippen molar-refractivity contribution in [2.24, 2.45) is 0 Å². The Kier molecular flexibility index (Phi) is 5.84. The zero-order valence-electron chi connectivity index (χ0n) is 19.6. The normalized spacial score (nSPS) is 11.3.